The van der Waals surface area contributed by atoms with Crippen molar-refractivity contribution >= 4 is 51.5 Å². The average Bonchev–Trinajstić information content (AvgIpc) is 3.56. The molecule has 0 fully saturated rings. The molecular weight excluding hydrogens is 569 g/mol. The summed E-state index contributed by atoms with van der Waals surface area (Å²) < 4.78 is 27.2. The van der Waals surface area contributed by atoms with Gasteiger partial charge in [-0.2, -0.15) is 23.7 Å². The van der Waals surface area contributed by atoms with Crippen LogP contribution in [-0.4, -0.2) is 61.5 Å². The number of likely N-dealkylation sites (N-methyl/N-ethyl adjacent to an activating group) is 1. The highest BCUT2D eigenvalue weighted by Gasteiger charge is 2.29. The van der Waals surface area contributed by atoms with Crippen LogP contribution < -0.4 is 4.90 Å². The number of hydrogen-bond acceptors (Lipinski definition) is 6. The van der Waals surface area contributed by atoms with Crippen molar-refractivity contribution in [1.29, 1.82) is 0 Å². The summed E-state index contributed by atoms with van der Waals surface area (Å²) in [4.78, 5) is 27.8. The molecule has 0 saturated carbocycles. The lowest BCUT2D eigenvalue weighted by molar-refractivity contribution is 0.177. The molecule has 0 aliphatic heterocycles. The van der Waals surface area contributed by atoms with Crippen LogP contribution in [0.4, 0.5) is 14.7 Å². The number of pyridine rings is 2. The minimum Gasteiger partial charge on any atom is -0.344 e. The van der Waals surface area contributed by atoms with Gasteiger partial charge in [-0.25, -0.2) is 4.98 Å². The molecule has 1 aliphatic carbocycles. The summed E-state index contributed by atoms with van der Waals surface area (Å²) in [6.07, 6.45) is 3.77. The van der Waals surface area contributed by atoms with Crippen molar-refractivity contribution in [3.63, 3.8) is 0 Å². The van der Waals surface area contributed by atoms with Gasteiger partial charge in [-0.1, -0.05) is 30.1 Å². The molecule has 2 atom stereocenters. The number of rotatable bonds is 9. The molecule has 0 saturated heterocycles. The minimum absolute atomic E-state index is 0.0924. The van der Waals surface area contributed by atoms with Gasteiger partial charge in [0, 0.05) is 42.1 Å². The molecule has 0 amide bonds. The fourth-order valence-corrected chi connectivity index (χ4v) is 6.26. The van der Waals surface area contributed by atoms with E-state index < -0.39 is 11.9 Å². The monoisotopic (exact) mass is 598 g/mol. The highest BCUT2D eigenvalue weighted by atomic mass is 35.5. The van der Waals surface area contributed by atoms with Gasteiger partial charge in [-0.05, 0) is 79.8 Å². The summed E-state index contributed by atoms with van der Waals surface area (Å²) in [5.41, 5.74) is 4.48. The maximum atomic E-state index is 13.6. The van der Waals surface area contributed by atoms with Crippen LogP contribution in [0, 0.1) is 11.9 Å². The van der Waals surface area contributed by atoms with E-state index in [1.54, 1.807) is 12.1 Å². The van der Waals surface area contributed by atoms with Crippen molar-refractivity contribution in [1.82, 2.24) is 34.8 Å². The van der Waals surface area contributed by atoms with E-state index >= 15 is 0 Å². The molecule has 0 radical (unpaired) electrons. The van der Waals surface area contributed by atoms with E-state index in [2.05, 4.69) is 41.7 Å². The summed E-state index contributed by atoms with van der Waals surface area (Å²) in [5, 5.41) is 1.35. The van der Waals surface area contributed by atoms with Gasteiger partial charge >= 0.3 is 0 Å². The Bertz CT molecular complexity index is 1610. The van der Waals surface area contributed by atoms with Crippen LogP contribution in [0.1, 0.15) is 55.1 Å². The largest absolute Gasteiger partial charge is 0.344 e. The number of benzene rings is 1. The number of nitrogens with zero attached hydrogens (tertiary/aromatic N) is 6. The van der Waals surface area contributed by atoms with E-state index in [-0.39, 0.29) is 12.0 Å². The molecule has 5 aromatic rings. The summed E-state index contributed by atoms with van der Waals surface area (Å²) in [6.45, 7) is 4.31. The standard InChI is InChI=1S/C29H30Cl2F2N8/c1-16(26-34-21-6-8-24(32)36-27(21)38-26)10-11-41(23-5-3-4-18-19(23)14-17(30)15-20(18)31)13-12-40(2)29-35-22-7-9-25(33)37-28(22)39-29/h6-9,14-16,23H,3-5,10-13H2,1-2H3,(H,34,36,38)(H,35,37,39)/t16?,23-/m1/s1. The van der Waals surface area contributed by atoms with Crippen molar-refractivity contribution in [3.05, 3.63) is 75.3 Å². The van der Waals surface area contributed by atoms with Crippen molar-refractivity contribution < 1.29 is 8.78 Å². The zero-order valence-electron chi connectivity index (χ0n) is 22.8. The molecule has 41 heavy (non-hydrogen) atoms. The van der Waals surface area contributed by atoms with Crippen LogP contribution >= 0.6 is 23.2 Å². The number of halogens is 4. The second kappa shape index (κ2) is 11.5. The first-order chi connectivity index (χ1) is 19.7. The summed E-state index contributed by atoms with van der Waals surface area (Å²) in [7, 11) is 1.96. The Hall–Kier alpha value is -3.34. The topological polar surface area (TPSA) is 89.6 Å². The molecule has 6 rings (SSSR count). The van der Waals surface area contributed by atoms with Gasteiger partial charge in [0.25, 0.3) is 0 Å². The van der Waals surface area contributed by atoms with Crippen LogP contribution in [0.2, 0.25) is 10.0 Å². The molecule has 12 heteroatoms. The minimum atomic E-state index is -0.558. The molecule has 1 aliphatic rings. The zero-order chi connectivity index (χ0) is 28.7. The fourth-order valence-electron chi connectivity index (χ4n) is 5.65. The average molecular weight is 600 g/mol. The van der Waals surface area contributed by atoms with Gasteiger partial charge in [0.1, 0.15) is 5.82 Å². The Morgan fingerprint density at radius 1 is 0.927 bits per heavy atom. The van der Waals surface area contributed by atoms with Crippen molar-refractivity contribution in [2.24, 2.45) is 0 Å². The Morgan fingerprint density at radius 2 is 1.63 bits per heavy atom. The maximum Gasteiger partial charge on any atom is 0.215 e. The normalized spacial score (nSPS) is 16.0. The molecule has 4 aromatic heterocycles. The number of aromatic nitrogens is 6. The highest BCUT2D eigenvalue weighted by Crippen LogP contribution is 2.40. The summed E-state index contributed by atoms with van der Waals surface area (Å²) in [6, 6.07) is 9.97. The molecule has 1 aromatic carbocycles. The Labute approximate surface area is 246 Å². The number of H-pyrrole nitrogens is 2. The Kier molecular flexibility index (Phi) is 7.80. The SMILES string of the molecule is CC(CCN(CCN(C)c1nc2nc(F)ccc2[nH]1)[C@@H]1CCCc2c(Cl)cc(Cl)cc21)c1nc2nc(F)ccc2[nH]1. The van der Waals surface area contributed by atoms with E-state index in [1.165, 1.54) is 17.7 Å². The van der Waals surface area contributed by atoms with Crippen molar-refractivity contribution in [2.45, 2.75) is 44.6 Å². The Morgan fingerprint density at radius 3 is 2.39 bits per heavy atom. The first-order valence-electron chi connectivity index (χ1n) is 13.7. The molecule has 8 nitrogen and oxygen atoms in total. The third-order valence-electron chi connectivity index (χ3n) is 7.93. The lowest BCUT2D eigenvalue weighted by atomic mass is 9.86. The van der Waals surface area contributed by atoms with Gasteiger partial charge in [0.05, 0.1) is 11.0 Å². The summed E-state index contributed by atoms with van der Waals surface area (Å²) in [5.74, 6) is 0.403. The number of nitrogens with one attached hydrogen (secondary N) is 2. The van der Waals surface area contributed by atoms with Crippen molar-refractivity contribution in [2.75, 3.05) is 31.6 Å². The smallest absolute Gasteiger partial charge is 0.215 e. The quantitative estimate of drug-likeness (QED) is 0.181. The lowest BCUT2D eigenvalue weighted by Crippen LogP contribution is -2.38. The van der Waals surface area contributed by atoms with E-state index in [0.29, 0.717) is 39.3 Å². The van der Waals surface area contributed by atoms with E-state index in [1.807, 2.05) is 24.1 Å². The first-order valence-corrected chi connectivity index (χ1v) is 14.5. The van der Waals surface area contributed by atoms with E-state index in [9.17, 15) is 8.78 Å². The van der Waals surface area contributed by atoms with Crippen LogP contribution in [0.25, 0.3) is 22.3 Å². The van der Waals surface area contributed by atoms with E-state index in [0.717, 1.165) is 55.7 Å². The molecule has 0 spiro atoms. The van der Waals surface area contributed by atoms with Gasteiger partial charge < -0.3 is 14.9 Å². The maximum absolute atomic E-state index is 13.6. The zero-order valence-corrected chi connectivity index (χ0v) is 24.3. The Balaban J connectivity index is 1.23. The van der Waals surface area contributed by atoms with Crippen LogP contribution in [0.15, 0.2) is 36.4 Å². The third kappa shape index (κ3) is 5.86. The number of fused-ring (bicyclic) bond motifs is 3. The number of imidazole rings is 2. The summed E-state index contributed by atoms with van der Waals surface area (Å²) >= 11 is 13.1. The predicted molar refractivity (Wildman–Crippen MR) is 158 cm³/mol. The van der Waals surface area contributed by atoms with Crippen molar-refractivity contribution in [3.8, 4) is 0 Å². The first kappa shape index (κ1) is 27.8. The van der Waals surface area contributed by atoms with Gasteiger partial charge in [0.15, 0.2) is 11.3 Å². The lowest BCUT2D eigenvalue weighted by Gasteiger charge is -2.37. The molecule has 214 valence electrons. The third-order valence-corrected chi connectivity index (χ3v) is 8.48. The van der Waals surface area contributed by atoms with Gasteiger partial charge in [-0.3, -0.25) is 4.90 Å². The van der Waals surface area contributed by atoms with Crippen LogP contribution in [0.5, 0.6) is 0 Å². The predicted octanol–water partition coefficient (Wildman–Crippen LogP) is 6.82. The van der Waals surface area contributed by atoms with Crippen LogP contribution in [-0.2, 0) is 6.42 Å². The fraction of sp³-hybridized carbons (Fsp3) is 0.379. The molecular formula is C29H30Cl2F2N8. The second-order valence-electron chi connectivity index (χ2n) is 10.7. The highest BCUT2D eigenvalue weighted by molar-refractivity contribution is 6.35. The van der Waals surface area contributed by atoms with Crippen LogP contribution in [0.3, 0.4) is 0 Å². The second-order valence-corrected chi connectivity index (χ2v) is 11.5. The molecule has 1 unspecified atom stereocenters. The number of hydrogen-bond donors (Lipinski definition) is 2. The molecule has 2 N–H and O–H groups in total. The molecule has 0 bridgehead atoms. The number of aromatic amines is 2. The van der Waals surface area contributed by atoms with E-state index in [4.69, 9.17) is 23.2 Å². The van der Waals surface area contributed by atoms with Gasteiger partial charge in [0.2, 0.25) is 17.8 Å². The number of anilines is 1. The molecule has 4 heterocycles. The van der Waals surface area contributed by atoms with Gasteiger partial charge in [-0.15, -0.1) is 0 Å².